The van der Waals surface area contributed by atoms with E-state index in [-0.39, 0.29) is 41.5 Å². The molecule has 0 aromatic heterocycles. The van der Waals surface area contributed by atoms with Crippen molar-refractivity contribution in [3.05, 3.63) is 0 Å². The smallest absolute Gasteiger partial charge is 0.0592 e. The minimum Gasteiger partial charge on any atom is -0.395 e. The number of aliphatic hydroxyl groups excluding tert-OH is 1. The Morgan fingerprint density at radius 1 is 1.83 bits per heavy atom. The van der Waals surface area contributed by atoms with Gasteiger partial charge in [-0.3, -0.25) is 0 Å². The molecule has 3 heteroatoms. The minimum absolute atomic E-state index is 0. The van der Waals surface area contributed by atoms with Gasteiger partial charge in [-0.2, -0.15) is 0 Å². The second-order valence-corrected chi connectivity index (χ2v) is 1.71. The van der Waals surface area contributed by atoms with Gasteiger partial charge in [-0.25, -0.2) is 0 Å². The molecule has 0 saturated heterocycles. The van der Waals surface area contributed by atoms with E-state index in [0.29, 0.717) is 0 Å². The second kappa shape index (κ2) is 6.25. The van der Waals surface area contributed by atoms with Crippen molar-refractivity contribution in [3.8, 4) is 0 Å². The van der Waals surface area contributed by atoms with Crippen LogP contribution >= 0.6 is 11.6 Å². The number of rotatable bonds is 1. The van der Waals surface area contributed by atoms with Gasteiger partial charge in [0.1, 0.15) is 0 Å². The summed E-state index contributed by atoms with van der Waals surface area (Å²) >= 11 is 5.21. The van der Waals surface area contributed by atoms with Gasteiger partial charge in [-0.15, -0.1) is 11.6 Å². The maximum atomic E-state index is 8.01. The first-order valence-corrected chi connectivity index (χ1v) is 1.96. The molecule has 0 aromatic carbocycles. The van der Waals surface area contributed by atoms with E-state index in [4.69, 9.17) is 16.7 Å². The molecule has 0 saturated carbocycles. The molecular weight excluding hydrogens is 110 g/mol. The summed E-state index contributed by atoms with van der Waals surface area (Å²) in [4.78, 5) is 0. The zero-order valence-corrected chi connectivity index (χ0v) is 6.87. The van der Waals surface area contributed by atoms with E-state index in [0.717, 1.165) is 0 Å². The molecule has 0 aromatic rings. The molecule has 0 bridgehead atoms. The number of alkyl halides is 1. The molecule has 1 nitrogen and oxygen atoms in total. The van der Waals surface area contributed by atoms with E-state index in [1.54, 1.807) is 6.92 Å². The number of hydrogen-bond donors (Lipinski definition) is 1. The quantitative estimate of drug-likeness (QED) is 0.385. The molecule has 0 spiro atoms. The van der Waals surface area contributed by atoms with Crippen molar-refractivity contribution in [2.75, 3.05) is 6.61 Å². The van der Waals surface area contributed by atoms with Crippen molar-refractivity contribution in [2.45, 2.75) is 12.3 Å². The van der Waals surface area contributed by atoms with Crippen LogP contribution in [0.2, 0.25) is 0 Å². The summed E-state index contributed by atoms with van der Waals surface area (Å²) < 4.78 is 0. The summed E-state index contributed by atoms with van der Waals surface area (Å²) in [5, 5.41) is 7.92. The van der Waals surface area contributed by atoms with Crippen LogP contribution in [-0.2, 0) is 0 Å². The SMILES string of the molecule is CC(Cl)CO.[Na]. The Labute approximate surface area is 65.0 Å². The van der Waals surface area contributed by atoms with Crippen LogP contribution < -0.4 is 0 Å². The third-order valence-corrected chi connectivity index (χ3v) is 0.390. The topological polar surface area (TPSA) is 20.2 Å². The molecule has 0 heterocycles. The molecule has 0 rings (SSSR count). The molecule has 0 aliphatic carbocycles. The van der Waals surface area contributed by atoms with E-state index in [9.17, 15) is 0 Å². The maximum Gasteiger partial charge on any atom is 0.0592 e. The van der Waals surface area contributed by atoms with Crippen molar-refractivity contribution in [2.24, 2.45) is 0 Å². The molecule has 1 unspecified atom stereocenters. The van der Waals surface area contributed by atoms with Crippen LogP contribution in [0.15, 0.2) is 0 Å². The first-order chi connectivity index (χ1) is 2.27. The average Bonchev–Trinajstić information content (AvgIpc) is 1.38. The van der Waals surface area contributed by atoms with Gasteiger partial charge in [0.05, 0.1) is 12.0 Å². The molecular formula is C3H7ClNaO. The predicted molar refractivity (Wildman–Crippen MR) is 28.2 cm³/mol. The Balaban J connectivity index is 0. The Morgan fingerprint density at radius 2 is 2.00 bits per heavy atom. The van der Waals surface area contributed by atoms with Crippen LogP contribution in [0.4, 0.5) is 0 Å². The molecule has 0 aliphatic heterocycles. The average molecular weight is 118 g/mol. The van der Waals surface area contributed by atoms with Gasteiger partial charge in [0.15, 0.2) is 0 Å². The van der Waals surface area contributed by atoms with Crippen LogP contribution in [0.5, 0.6) is 0 Å². The molecule has 1 atom stereocenters. The first kappa shape index (κ1) is 10.3. The summed E-state index contributed by atoms with van der Waals surface area (Å²) in [7, 11) is 0. The maximum absolute atomic E-state index is 8.01. The Morgan fingerprint density at radius 3 is 2.00 bits per heavy atom. The minimum atomic E-state index is -0.0880. The summed E-state index contributed by atoms with van der Waals surface area (Å²) in [6, 6.07) is 0. The van der Waals surface area contributed by atoms with Gasteiger partial charge in [-0.05, 0) is 6.92 Å². The number of aliphatic hydroxyl groups is 1. The Bertz CT molecular complexity index is 24.8. The van der Waals surface area contributed by atoms with Gasteiger partial charge < -0.3 is 5.11 Å². The van der Waals surface area contributed by atoms with E-state index < -0.39 is 0 Å². The van der Waals surface area contributed by atoms with Gasteiger partial charge in [0, 0.05) is 29.6 Å². The normalized spacial score (nSPS) is 12.5. The second-order valence-electron chi connectivity index (χ2n) is 0.963. The fourth-order valence-corrected chi connectivity index (χ4v) is 0. The summed E-state index contributed by atoms with van der Waals surface area (Å²) in [6.07, 6.45) is 0. The largest absolute Gasteiger partial charge is 0.395 e. The molecule has 6 heavy (non-hydrogen) atoms. The first-order valence-electron chi connectivity index (χ1n) is 1.52. The van der Waals surface area contributed by atoms with Crippen LogP contribution in [-0.4, -0.2) is 46.6 Å². The molecule has 33 valence electrons. The summed E-state index contributed by atoms with van der Waals surface area (Å²) in [6.45, 7) is 1.81. The van der Waals surface area contributed by atoms with Crippen LogP contribution in [0.1, 0.15) is 6.92 Å². The molecule has 1 N–H and O–H groups in total. The molecule has 1 radical (unpaired) electrons. The van der Waals surface area contributed by atoms with Gasteiger partial charge in [0.25, 0.3) is 0 Å². The third-order valence-electron chi connectivity index (χ3n) is 0.252. The van der Waals surface area contributed by atoms with E-state index in [2.05, 4.69) is 0 Å². The van der Waals surface area contributed by atoms with E-state index >= 15 is 0 Å². The van der Waals surface area contributed by atoms with Crippen LogP contribution in [0.3, 0.4) is 0 Å². The standard InChI is InChI=1S/C3H7ClO.Na/c1-3(4)2-5;/h3,5H,2H2,1H3;. The predicted octanol–water partition coefficient (Wildman–Crippen LogP) is 0.225. The number of halogens is 1. The molecule has 0 aliphatic rings. The Kier molecular flexibility index (Phi) is 10.7. The van der Waals surface area contributed by atoms with Crippen LogP contribution in [0.25, 0.3) is 0 Å². The number of hydrogen-bond acceptors (Lipinski definition) is 1. The van der Waals surface area contributed by atoms with E-state index in [1.165, 1.54) is 0 Å². The van der Waals surface area contributed by atoms with Crippen molar-refractivity contribution in [1.82, 2.24) is 0 Å². The van der Waals surface area contributed by atoms with Crippen molar-refractivity contribution in [3.63, 3.8) is 0 Å². The van der Waals surface area contributed by atoms with Gasteiger partial charge >= 0.3 is 0 Å². The Hall–Kier alpha value is 1.25. The molecule has 0 amide bonds. The van der Waals surface area contributed by atoms with E-state index in [1.807, 2.05) is 0 Å². The monoisotopic (exact) mass is 117 g/mol. The summed E-state index contributed by atoms with van der Waals surface area (Å²) in [5.74, 6) is 0. The van der Waals surface area contributed by atoms with Crippen molar-refractivity contribution >= 4 is 41.2 Å². The summed E-state index contributed by atoms with van der Waals surface area (Å²) in [5.41, 5.74) is 0. The fourth-order valence-electron chi connectivity index (χ4n) is 0. The van der Waals surface area contributed by atoms with Gasteiger partial charge in [0.2, 0.25) is 0 Å². The third kappa shape index (κ3) is 8.98. The van der Waals surface area contributed by atoms with Crippen molar-refractivity contribution in [1.29, 1.82) is 0 Å². The van der Waals surface area contributed by atoms with Crippen molar-refractivity contribution < 1.29 is 5.11 Å². The van der Waals surface area contributed by atoms with Crippen LogP contribution in [0, 0.1) is 0 Å². The molecule has 0 fully saturated rings. The fraction of sp³-hybridized carbons (Fsp3) is 1.00. The van der Waals surface area contributed by atoms with Gasteiger partial charge in [-0.1, -0.05) is 0 Å². The zero-order chi connectivity index (χ0) is 4.28. The zero-order valence-electron chi connectivity index (χ0n) is 4.11.